The topological polar surface area (TPSA) is 80.8 Å². The second-order valence-electron chi connectivity index (χ2n) is 9.82. The number of halogens is 2. The molecule has 1 saturated heterocycles. The molecule has 2 aliphatic carbocycles. The Labute approximate surface area is 237 Å². The Kier molecular flexibility index (Phi) is 7.93. The first-order valence-electron chi connectivity index (χ1n) is 12.3. The Balaban J connectivity index is 1.27. The summed E-state index contributed by atoms with van der Waals surface area (Å²) in [7, 11) is 0. The summed E-state index contributed by atoms with van der Waals surface area (Å²) in [4.78, 5) is 54.2. The molecule has 1 heterocycles. The number of carbonyl (C=O) groups excluding carboxylic acids is 4. The fourth-order valence-corrected chi connectivity index (χ4v) is 8.39. The van der Waals surface area contributed by atoms with Gasteiger partial charge in [-0.15, -0.1) is 0 Å². The number of nitrogens with zero attached hydrogens (tertiary/aromatic N) is 1. The molecular weight excluding hydrogens is 622 g/mol. The van der Waals surface area contributed by atoms with Gasteiger partial charge in [-0.2, -0.15) is 11.8 Å². The predicted octanol–water partition coefficient (Wildman–Crippen LogP) is 4.98. The third-order valence-corrected chi connectivity index (χ3v) is 11.7. The number of rotatable bonds is 9. The van der Waals surface area contributed by atoms with Gasteiger partial charge in [0.05, 0.1) is 11.8 Å². The largest absolute Gasteiger partial charge is 0.456 e. The van der Waals surface area contributed by atoms with E-state index in [0.717, 1.165) is 22.4 Å². The quantitative estimate of drug-likeness (QED) is 0.165. The zero-order chi connectivity index (χ0) is 26.3. The molecular formula is C28H27Br2NO5S. The van der Waals surface area contributed by atoms with Gasteiger partial charge in [-0.1, -0.05) is 86.5 Å². The Morgan fingerprint density at radius 2 is 1.51 bits per heavy atom. The highest BCUT2D eigenvalue weighted by molar-refractivity contribution is 9.12. The first kappa shape index (κ1) is 26.6. The molecule has 2 bridgehead atoms. The molecule has 0 spiro atoms. The van der Waals surface area contributed by atoms with Gasteiger partial charge in [0.25, 0.3) is 0 Å². The lowest BCUT2D eigenvalue weighted by Gasteiger charge is -2.28. The van der Waals surface area contributed by atoms with E-state index in [1.807, 2.05) is 48.7 Å². The molecule has 0 aromatic heterocycles. The highest BCUT2D eigenvalue weighted by Crippen LogP contribution is 2.60. The van der Waals surface area contributed by atoms with Crippen molar-refractivity contribution in [1.29, 1.82) is 0 Å². The minimum absolute atomic E-state index is 0.0680. The minimum Gasteiger partial charge on any atom is -0.456 e. The number of fused-ring (bicyclic) bond motifs is 5. The number of imide groups is 1. The van der Waals surface area contributed by atoms with Crippen LogP contribution in [0.2, 0.25) is 0 Å². The van der Waals surface area contributed by atoms with Crippen molar-refractivity contribution in [2.45, 2.75) is 28.5 Å². The summed E-state index contributed by atoms with van der Waals surface area (Å²) in [6, 6.07) is 15.9. The maximum Gasteiger partial charge on any atom is 0.329 e. The number of ketones is 1. The molecule has 7 atom stereocenters. The van der Waals surface area contributed by atoms with Crippen molar-refractivity contribution in [3.63, 3.8) is 0 Å². The van der Waals surface area contributed by atoms with Crippen molar-refractivity contribution in [3.05, 3.63) is 60.2 Å². The lowest BCUT2D eigenvalue weighted by molar-refractivity contribution is -0.158. The van der Waals surface area contributed by atoms with Crippen LogP contribution in [-0.4, -0.2) is 62.8 Å². The maximum absolute atomic E-state index is 13.4. The van der Waals surface area contributed by atoms with Crippen molar-refractivity contribution >= 4 is 67.2 Å². The number of alkyl halides is 2. The van der Waals surface area contributed by atoms with Crippen molar-refractivity contribution in [3.8, 4) is 11.1 Å². The number of hydrogen-bond donors (Lipinski definition) is 0. The molecule has 5 rings (SSSR count). The molecule has 0 radical (unpaired) electrons. The van der Waals surface area contributed by atoms with Gasteiger partial charge in [-0.25, -0.2) is 4.79 Å². The zero-order valence-electron chi connectivity index (χ0n) is 20.2. The molecule has 6 nitrogen and oxygen atoms in total. The van der Waals surface area contributed by atoms with Gasteiger partial charge in [0.15, 0.2) is 12.4 Å². The van der Waals surface area contributed by atoms with Crippen molar-refractivity contribution in [2.24, 2.45) is 23.7 Å². The van der Waals surface area contributed by atoms with E-state index in [2.05, 4.69) is 31.9 Å². The molecule has 1 aliphatic heterocycles. The fourth-order valence-electron chi connectivity index (χ4n) is 6.06. The lowest BCUT2D eigenvalue weighted by atomic mass is 9.81. The van der Waals surface area contributed by atoms with E-state index in [1.54, 1.807) is 12.1 Å². The van der Waals surface area contributed by atoms with E-state index in [9.17, 15) is 19.2 Å². The summed E-state index contributed by atoms with van der Waals surface area (Å²) < 4.78 is 5.41. The second kappa shape index (κ2) is 11.0. The summed E-state index contributed by atoms with van der Waals surface area (Å²) >= 11 is 8.91. The summed E-state index contributed by atoms with van der Waals surface area (Å²) in [6.45, 7) is -0.444. The monoisotopic (exact) mass is 647 g/mol. The number of amides is 2. The first-order chi connectivity index (χ1) is 17.8. The average molecular weight is 649 g/mol. The Hall–Kier alpha value is -1.97. The van der Waals surface area contributed by atoms with Crippen LogP contribution < -0.4 is 0 Å². The van der Waals surface area contributed by atoms with Gasteiger partial charge in [-0.3, -0.25) is 19.3 Å². The van der Waals surface area contributed by atoms with E-state index < -0.39 is 30.5 Å². The Morgan fingerprint density at radius 3 is 2.08 bits per heavy atom. The van der Waals surface area contributed by atoms with Crippen molar-refractivity contribution < 1.29 is 23.9 Å². The normalized spacial score (nSPS) is 28.9. The van der Waals surface area contributed by atoms with Crippen LogP contribution in [0.5, 0.6) is 0 Å². The maximum atomic E-state index is 13.4. The molecule has 2 aromatic carbocycles. The highest BCUT2D eigenvalue weighted by atomic mass is 79.9. The van der Waals surface area contributed by atoms with Crippen LogP contribution in [0.4, 0.5) is 0 Å². The Morgan fingerprint density at radius 1 is 0.946 bits per heavy atom. The molecule has 3 fully saturated rings. The van der Waals surface area contributed by atoms with Crippen molar-refractivity contribution in [1.82, 2.24) is 4.90 Å². The smallest absolute Gasteiger partial charge is 0.329 e. The Bertz CT molecular complexity index is 1170. The highest BCUT2D eigenvalue weighted by Gasteiger charge is 2.67. The summed E-state index contributed by atoms with van der Waals surface area (Å²) in [5.74, 6) is -1.69. The van der Waals surface area contributed by atoms with Gasteiger partial charge in [0, 0.05) is 15.2 Å². The predicted molar refractivity (Wildman–Crippen MR) is 150 cm³/mol. The molecule has 2 amide bonds. The molecule has 0 unspecified atom stereocenters. The number of carbonyl (C=O) groups is 4. The fraction of sp³-hybridized carbons (Fsp3) is 0.429. The van der Waals surface area contributed by atoms with Gasteiger partial charge < -0.3 is 4.74 Å². The SMILES string of the molecule is CSCC[C@@H](C(=O)OCC(=O)c1ccc(-c2ccccc2)cc1)N1C(=O)[C@@H]2[C@@H]3C[C@H]([C@H](Br)[C@@H]3Br)[C@@H]2C1=O. The third-order valence-electron chi connectivity index (χ3n) is 7.86. The summed E-state index contributed by atoms with van der Waals surface area (Å²) in [5, 5.41) is 0. The molecule has 9 heteroatoms. The molecule has 3 aliphatic rings. The molecule has 2 aromatic rings. The number of likely N-dealkylation sites (tertiary alicyclic amines) is 1. The van der Waals surface area contributed by atoms with Crippen molar-refractivity contribution in [2.75, 3.05) is 18.6 Å². The lowest BCUT2D eigenvalue weighted by Crippen LogP contribution is -2.47. The van der Waals surface area contributed by atoms with E-state index in [4.69, 9.17) is 4.74 Å². The number of esters is 1. The third kappa shape index (κ3) is 4.83. The van der Waals surface area contributed by atoms with Gasteiger partial charge >= 0.3 is 5.97 Å². The van der Waals surface area contributed by atoms with E-state index in [-0.39, 0.29) is 39.1 Å². The van der Waals surface area contributed by atoms with Gasteiger partial charge in [-0.05, 0) is 47.8 Å². The minimum atomic E-state index is -1.02. The number of benzene rings is 2. The van der Waals surface area contributed by atoms with Crippen LogP contribution >= 0.6 is 43.6 Å². The first-order valence-corrected chi connectivity index (χ1v) is 15.5. The van der Waals surface area contributed by atoms with E-state index >= 15 is 0 Å². The van der Waals surface area contributed by atoms with E-state index in [0.29, 0.717) is 17.7 Å². The average Bonchev–Trinajstić information content (AvgIpc) is 3.53. The van der Waals surface area contributed by atoms with Crippen LogP contribution in [0.3, 0.4) is 0 Å². The number of hydrogen-bond acceptors (Lipinski definition) is 6. The van der Waals surface area contributed by atoms with Crippen LogP contribution in [-0.2, 0) is 19.1 Å². The van der Waals surface area contributed by atoms with Crippen LogP contribution in [0.1, 0.15) is 23.2 Å². The molecule has 2 saturated carbocycles. The van der Waals surface area contributed by atoms with Gasteiger partial charge in [0.2, 0.25) is 11.8 Å². The summed E-state index contributed by atoms with van der Waals surface area (Å²) in [6.07, 6.45) is 3.02. The van der Waals surface area contributed by atoms with Crippen LogP contribution in [0.15, 0.2) is 54.6 Å². The standard InChI is InChI=1S/C28H27Br2NO5S/c1-37-12-11-20(31-26(33)22-18-13-19(23(22)27(31)34)25(30)24(18)29)28(35)36-14-21(32)17-9-7-16(8-10-17)15-5-3-2-4-6-15/h2-10,18-20,22-25H,11-14H2,1H3/t18-,19-,20-,22-,23+,24-,25+/m0/s1. The van der Waals surface area contributed by atoms with Gasteiger partial charge in [0.1, 0.15) is 6.04 Å². The number of thioether (sulfide) groups is 1. The van der Waals surface area contributed by atoms with Crippen LogP contribution in [0, 0.1) is 23.7 Å². The second-order valence-corrected chi connectivity index (χ2v) is 12.9. The number of Topliss-reactive ketones (excluding diaryl/α,β-unsaturated/α-hetero) is 1. The number of ether oxygens (including phenoxy) is 1. The van der Waals surface area contributed by atoms with Crippen LogP contribution in [0.25, 0.3) is 11.1 Å². The molecule has 37 heavy (non-hydrogen) atoms. The zero-order valence-corrected chi connectivity index (χ0v) is 24.2. The molecule has 0 N–H and O–H groups in total. The summed E-state index contributed by atoms with van der Waals surface area (Å²) in [5.41, 5.74) is 2.45. The van der Waals surface area contributed by atoms with E-state index in [1.165, 1.54) is 11.8 Å². The molecule has 194 valence electrons.